The van der Waals surface area contributed by atoms with Gasteiger partial charge in [-0.25, -0.2) is 24.7 Å². The van der Waals surface area contributed by atoms with Crippen molar-refractivity contribution >= 4 is 45.5 Å². The van der Waals surface area contributed by atoms with E-state index in [2.05, 4.69) is 68.5 Å². The molecule has 1 atom stereocenters. The average Bonchev–Trinajstić information content (AvgIpc) is 3.29. The van der Waals surface area contributed by atoms with Crippen molar-refractivity contribution in [1.82, 2.24) is 29.4 Å². The van der Waals surface area contributed by atoms with Gasteiger partial charge in [-0.3, -0.25) is 0 Å². The number of pyridine rings is 1. The summed E-state index contributed by atoms with van der Waals surface area (Å²) in [4.78, 5) is 33.3. The second-order valence-corrected chi connectivity index (χ2v) is 10.2. The Morgan fingerprint density at radius 3 is 2.72 bits per heavy atom. The number of hydrogen-bond donors (Lipinski definition) is 2. The van der Waals surface area contributed by atoms with Crippen LogP contribution in [0.2, 0.25) is 0 Å². The van der Waals surface area contributed by atoms with Gasteiger partial charge >= 0.3 is 6.09 Å². The molecule has 2 N–H and O–H groups in total. The molecule has 1 aliphatic rings. The highest BCUT2D eigenvalue weighted by molar-refractivity contribution is 5.88. The van der Waals surface area contributed by atoms with Crippen LogP contribution < -0.4 is 10.2 Å². The summed E-state index contributed by atoms with van der Waals surface area (Å²) < 4.78 is 2.03. The molecule has 2 aromatic carbocycles. The fraction of sp³-hybridized carbons (Fsp3) is 0.276. The van der Waals surface area contributed by atoms with Gasteiger partial charge in [-0.15, -0.1) is 0 Å². The second kappa shape index (κ2) is 9.86. The molecule has 0 unspecified atom stereocenters. The minimum Gasteiger partial charge on any atom is -0.465 e. The number of amides is 1. The van der Waals surface area contributed by atoms with Crippen molar-refractivity contribution in [3.63, 3.8) is 0 Å². The van der Waals surface area contributed by atoms with Crippen molar-refractivity contribution in [3.8, 4) is 0 Å². The summed E-state index contributed by atoms with van der Waals surface area (Å²) in [6.07, 6.45) is 3.32. The van der Waals surface area contributed by atoms with E-state index in [0.29, 0.717) is 31.0 Å². The summed E-state index contributed by atoms with van der Waals surface area (Å²) in [7, 11) is 2.00. The van der Waals surface area contributed by atoms with Crippen LogP contribution in [0.4, 0.5) is 22.1 Å². The highest BCUT2D eigenvalue weighted by atomic mass is 16.4. The molecule has 0 spiro atoms. The molecule has 3 aromatic heterocycles. The molecule has 5 aromatic rings. The smallest absolute Gasteiger partial charge is 0.407 e. The zero-order valence-corrected chi connectivity index (χ0v) is 22.2. The molecule has 1 saturated heterocycles. The molecule has 0 saturated carbocycles. The number of fused-ring (bicyclic) bond motifs is 2. The highest BCUT2D eigenvalue weighted by Gasteiger charge is 2.28. The number of nitrogens with one attached hydrogen (secondary N) is 1. The van der Waals surface area contributed by atoms with Crippen molar-refractivity contribution < 1.29 is 9.90 Å². The number of hydrogen-bond acceptors (Lipinski definition) is 7. The number of anilines is 3. The van der Waals surface area contributed by atoms with E-state index in [9.17, 15) is 9.90 Å². The molecule has 1 fully saturated rings. The van der Waals surface area contributed by atoms with Gasteiger partial charge < -0.3 is 24.8 Å². The van der Waals surface area contributed by atoms with Gasteiger partial charge in [0.05, 0.1) is 22.9 Å². The van der Waals surface area contributed by atoms with Crippen LogP contribution in [0.25, 0.3) is 22.1 Å². The van der Waals surface area contributed by atoms with Gasteiger partial charge in [-0.05, 0) is 73.4 Å². The number of benzene rings is 2. The Morgan fingerprint density at radius 1 is 1.05 bits per heavy atom. The standard InChI is InChI=1S/C29H30N8O2/c1-18-12-22(6-5-21(18)13-20-4-8-25-24(14-20)32-17-35(25)3)33-28-27-23(30-16-31-28)7-9-26(34-27)36-10-11-37(29(38)39)19(2)15-36/h4-9,12,14,16-17,19H,10-11,13,15H2,1-3H3,(H,38,39)(H,30,31,33)/t19-/m1/s1. The Hall–Kier alpha value is -4.73. The molecule has 198 valence electrons. The summed E-state index contributed by atoms with van der Waals surface area (Å²) in [5.74, 6) is 1.42. The maximum absolute atomic E-state index is 11.4. The lowest BCUT2D eigenvalue weighted by molar-refractivity contribution is 0.122. The van der Waals surface area contributed by atoms with E-state index in [1.807, 2.05) is 37.0 Å². The molecule has 39 heavy (non-hydrogen) atoms. The van der Waals surface area contributed by atoms with Gasteiger partial charge in [0.25, 0.3) is 0 Å². The molecule has 1 amide bonds. The Labute approximate surface area is 226 Å². The fourth-order valence-electron chi connectivity index (χ4n) is 5.27. The topological polar surface area (TPSA) is 112 Å². The van der Waals surface area contributed by atoms with Crippen LogP contribution in [0, 0.1) is 6.92 Å². The quantitative estimate of drug-likeness (QED) is 0.340. The first kappa shape index (κ1) is 24.6. The lowest BCUT2D eigenvalue weighted by Crippen LogP contribution is -2.53. The molecule has 0 aliphatic carbocycles. The SMILES string of the molecule is Cc1cc(Nc2ncnc3ccc(N4CCN(C(=O)O)[C@H](C)C4)nc23)ccc1Cc1ccc2c(c1)ncn2C. The molecule has 10 heteroatoms. The van der Waals surface area contributed by atoms with E-state index in [0.717, 1.165) is 34.5 Å². The van der Waals surface area contributed by atoms with Crippen molar-refractivity contribution in [1.29, 1.82) is 0 Å². The van der Waals surface area contributed by atoms with Gasteiger partial charge in [-0.2, -0.15) is 0 Å². The summed E-state index contributed by atoms with van der Waals surface area (Å²) in [5.41, 5.74) is 8.12. The summed E-state index contributed by atoms with van der Waals surface area (Å²) in [6.45, 7) is 5.63. The minimum absolute atomic E-state index is 0.120. The molecule has 10 nitrogen and oxygen atoms in total. The monoisotopic (exact) mass is 522 g/mol. The number of carboxylic acid groups (broad SMARTS) is 1. The van der Waals surface area contributed by atoms with Crippen LogP contribution in [0.15, 0.2) is 61.2 Å². The number of rotatable bonds is 5. The van der Waals surface area contributed by atoms with Crippen LogP contribution >= 0.6 is 0 Å². The largest absolute Gasteiger partial charge is 0.465 e. The Morgan fingerprint density at radius 2 is 1.92 bits per heavy atom. The van der Waals surface area contributed by atoms with Crippen LogP contribution in [0.1, 0.15) is 23.6 Å². The first-order chi connectivity index (χ1) is 18.9. The molecular formula is C29H30N8O2. The third kappa shape index (κ3) is 4.81. The zero-order chi connectivity index (χ0) is 27.1. The van der Waals surface area contributed by atoms with Gasteiger partial charge in [-0.1, -0.05) is 12.1 Å². The van der Waals surface area contributed by atoms with Gasteiger partial charge in [0.1, 0.15) is 17.7 Å². The highest BCUT2D eigenvalue weighted by Crippen LogP contribution is 2.27. The third-order valence-electron chi connectivity index (χ3n) is 7.45. The molecule has 4 heterocycles. The van der Waals surface area contributed by atoms with Crippen LogP contribution in [0.5, 0.6) is 0 Å². The van der Waals surface area contributed by atoms with E-state index in [-0.39, 0.29) is 6.04 Å². The molecular weight excluding hydrogens is 492 g/mol. The second-order valence-electron chi connectivity index (χ2n) is 10.2. The Bertz CT molecular complexity index is 1700. The number of aromatic nitrogens is 5. The molecule has 6 rings (SSSR count). The van der Waals surface area contributed by atoms with Crippen molar-refractivity contribution in [2.45, 2.75) is 26.3 Å². The summed E-state index contributed by atoms with van der Waals surface area (Å²) in [5, 5.41) is 12.8. The predicted octanol–water partition coefficient (Wildman–Crippen LogP) is 4.74. The third-order valence-corrected chi connectivity index (χ3v) is 7.45. The maximum atomic E-state index is 11.4. The number of nitrogens with zero attached hydrogens (tertiary/aromatic N) is 7. The maximum Gasteiger partial charge on any atom is 0.407 e. The molecule has 0 bridgehead atoms. The van der Waals surface area contributed by atoms with Crippen LogP contribution in [0.3, 0.4) is 0 Å². The molecule has 0 radical (unpaired) electrons. The zero-order valence-electron chi connectivity index (χ0n) is 22.2. The normalized spacial score (nSPS) is 15.7. The van der Waals surface area contributed by atoms with E-state index >= 15 is 0 Å². The number of carbonyl (C=O) groups is 1. The van der Waals surface area contributed by atoms with Gasteiger partial charge in [0.2, 0.25) is 0 Å². The Kier molecular flexibility index (Phi) is 6.22. The van der Waals surface area contributed by atoms with E-state index in [1.165, 1.54) is 27.9 Å². The van der Waals surface area contributed by atoms with Gasteiger partial charge in [0.15, 0.2) is 5.82 Å². The fourth-order valence-corrected chi connectivity index (χ4v) is 5.27. The number of imidazole rings is 1. The van der Waals surface area contributed by atoms with Gasteiger partial charge in [0, 0.05) is 38.4 Å². The minimum atomic E-state index is -0.885. The van der Waals surface area contributed by atoms with Crippen molar-refractivity contribution in [2.75, 3.05) is 29.9 Å². The summed E-state index contributed by atoms with van der Waals surface area (Å²) in [6, 6.07) is 16.5. The lowest BCUT2D eigenvalue weighted by Gasteiger charge is -2.38. The van der Waals surface area contributed by atoms with E-state index in [1.54, 1.807) is 0 Å². The predicted molar refractivity (Wildman–Crippen MR) is 152 cm³/mol. The average molecular weight is 523 g/mol. The van der Waals surface area contributed by atoms with Crippen LogP contribution in [-0.2, 0) is 13.5 Å². The van der Waals surface area contributed by atoms with Crippen molar-refractivity contribution in [2.24, 2.45) is 7.05 Å². The first-order valence-corrected chi connectivity index (χ1v) is 13.0. The van der Waals surface area contributed by atoms with E-state index in [4.69, 9.17) is 4.98 Å². The van der Waals surface area contributed by atoms with Crippen molar-refractivity contribution in [3.05, 3.63) is 77.9 Å². The van der Waals surface area contributed by atoms with Crippen LogP contribution in [-0.4, -0.2) is 66.3 Å². The lowest BCUT2D eigenvalue weighted by atomic mass is 9.99. The number of aryl methyl sites for hydroxylation is 2. The summed E-state index contributed by atoms with van der Waals surface area (Å²) >= 11 is 0. The van der Waals surface area contributed by atoms with E-state index < -0.39 is 6.09 Å². The molecule has 1 aliphatic heterocycles. The Balaban J connectivity index is 1.22. The first-order valence-electron chi connectivity index (χ1n) is 13.0. The number of piperazine rings is 1.